The van der Waals surface area contributed by atoms with Gasteiger partial charge in [-0.15, -0.1) is 0 Å². The SMILES string of the molecule is CCCCCC1CCC(C2CCC3C[C@H](C=C(F)F)CC[C@@H]3C2)CC1. The standard InChI is InChI=1S/C23H38F2/c1-2-3-4-5-17-6-9-19(10-7-17)21-13-12-20-14-18(15-23(24)25)8-11-22(20)16-21/h15,17-22H,2-14,16H2,1H3/t17?,18-,19?,20?,21?,22-/m1/s1. The van der Waals surface area contributed by atoms with Gasteiger partial charge in [0.15, 0.2) is 0 Å². The lowest BCUT2D eigenvalue weighted by atomic mass is 9.61. The second kappa shape index (κ2) is 9.51. The normalized spacial score (nSPS) is 38.8. The maximum Gasteiger partial charge on any atom is 0.266 e. The minimum absolute atomic E-state index is 0.154. The Morgan fingerprint density at radius 2 is 1.36 bits per heavy atom. The lowest BCUT2D eigenvalue weighted by molar-refractivity contribution is 0.0664. The summed E-state index contributed by atoms with van der Waals surface area (Å²) >= 11 is 0. The fourth-order valence-electron chi connectivity index (χ4n) is 6.35. The molecule has 3 saturated carbocycles. The molecule has 25 heavy (non-hydrogen) atoms. The highest BCUT2D eigenvalue weighted by molar-refractivity contribution is 4.96. The Labute approximate surface area is 153 Å². The van der Waals surface area contributed by atoms with Crippen molar-refractivity contribution >= 4 is 0 Å². The molecule has 0 bridgehead atoms. The molecule has 0 aromatic heterocycles. The van der Waals surface area contributed by atoms with Crippen LogP contribution in [0.25, 0.3) is 0 Å². The van der Waals surface area contributed by atoms with Gasteiger partial charge in [-0.25, -0.2) is 0 Å². The Bertz CT molecular complexity index is 418. The predicted molar refractivity (Wildman–Crippen MR) is 102 cm³/mol. The van der Waals surface area contributed by atoms with Gasteiger partial charge in [0.2, 0.25) is 0 Å². The molecule has 0 N–H and O–H groups in total. The third kappa shape index (κ3) is 5.54. The number of halogens is 2. The lowest BCUT2D eigenvalue weighted by Crippen LogP contribution is -2.34. The molecule has 4 atom stereocenters. The van der Waals surface area contributed by atoms with E-state index in [9.17, 15) is 8.78 Å². The van der Waals surface area contributed by atoms with Gasteiger partial charge < -0.3 is 0 Å². The van der Waals surface area contributed by atoms with Crippen molar-refractivity contribution in [2.24, 2.45) is 35.5 Å². The fraction of sp³-hybridized carbons (Fsp3) is 0.913. The first-order valence-corrected chi connectivity index (χ1v) is 11.2. The van der Waals surface area contributed by atoms with Gasteiger partial charge in [-0.2, -0.15) is 8.78 Å². The van der Waals surface area contributed by atoms with Crippen LogP contribution in [0.4, 0.5) is 8.78 Å². The van der Waals surface area contributed by atoms with E-state index in [2.05, 4.69) is 6.92 Å². The smallest absolute Gasteiger partial charge is 0.174 e. The largest absolute Gasteiger partial charge is 0.266 e. The van der Waals surface area contributed by atoms with Gasteiger partial charge in [0.05, 0.1) is 0 Å². The molecule has 0 aliphatic heterocycles. The molecule has 3 aliphatic carbocycles. The summed E-state index contributed by atoms with van der Waals surface area (Å²) in [7, 11) is 0. The average Bonchev–Trinajstić information content (AvgIpc) is 2.62. The molecule has 3 rings (SSSR count). The van der Waals surface area contributed by atoms with Crippen LogP contribution < -0.4 is 0 Å². The summed E-state index contributed by atoms with van der Waals surface area (Å²) in [6.45, 7) is 2.30. The zero-order valence-electron chi connectivity index (χ0n) is 16.2. The Morgan fingerprint density at radius 3 is 2.04 bits per heavy atom. The Hall–Kier alpha value is -0.400. The van der Waals surface area contributed by atoms with Crippen molar-refractivity contribution in [3.63, 3.8) is 0 Å². The first kappa shape index (κ1) is 19.4. The molecule has 0 saturated heterocycles. The van der Waals surface area contributed by atoms with Crippen LogP contribution in [0, 0.1) is 35.5 Å². The lowest BCUT2D eigenvalue weighted by Gasteiger charge is -2.45. The molecule has 3 fully saturated rings. The van der Waals surface area contributed by atoms with E-state index in [0.717, 1.165) is 42.4 Å². The van der Waals surface area contributed by atoms with Crippen LogP contribution in [-0.4, -0.2) is 0 Å². The number of hydrogen-bond donors (Lipinski definition) is 0. The van der Waals surface area contributed by atoms with Gasteiger partial charge in [-0.05, 0) is 93.0 Å². The summed E-state index contributed by atoms with van der Waals surface area (Å²) in [6.07, 6.45) is 18.6. The van der Waals surface area contributed by atoms with Gasteiger partial charge in [0.25, 0.3) is 6.08 Å². The van der Waals surface area contributed by atoms with Gasteiger partial charge in [0.1, 0.15) is 0 Å². The van der Waals surface area contributed by atoms with Crippen molar-refractivity contribution in [2.75, 3.05) is 0 Å². The minimum Gasteiger partial charge on any atom is -0.174 e. The highest BCUT2D eigenvalue weighted by Crippen LogP contribution is 2.49. The molecule has 0 radical (unpaired) electrons. The van der Waals surface area contributed by atoms with E-state index in [1.54, 1.807) is 0 Å². The highest BCUT2D eigenvalue weighted by Gasteiger charge is 2.38. The molecule has 0 spiro atoms. The zero-order chi connectivity index (χ0) is 17.6. The monoisotopic (exact) mass is 352 g/mol. The van der Waals surface area contributed by atoms with E-state index in [4.69, 9.17) is 0 Å². The molecule has 144 valence electrons. The minimum atomic E-state index is -1.46. The molecular formula is C23H38F2. The molecule has 0 amide bonds. The van der Waals surface area contributed by atoms with Gasteiger partial charge in [-0.3, -0.25) is 0 Å². The quantitative estimate of drug-likeness (QED) is 0.425. The van der Waals surface area contributed by atoms with Crippen molar-refractivity contribution in [1.82, 2.24) is 0 Å². The van der Waals surface area contributed by atoms with Crippen LogP contribution in [0.2, 0.25) is 0 Å². The van der Waals surface area contributed by atoms with Crippen LogP contribution in [0.3, 0.4) is 0 Å². The molecule has 0 aromatic rings. The number of hydrogen-bond acceptors (Lipinski definition) is 0. The van der Waals surface area contributed by atoms with Gasteiger partial charge in [0, 0.05) is 0 Å². The summed E-state index contributed by atoms with van der Waals surface area (Å²) in [5.74, 6) is 4.66. The topological polar surface area (TPSA) is 0 Å². The summed E-state index contributed by atoms with van der Waals surface area (Å²) in [6, 6.07) is 0. The second-order valence-corrected chi connectivity index (χ2v) is 9.40. The Kier molecular flexibility index (Phi) is 7.37. The van der Waals surface area contributed by atoms with Crippen molar-refractivity contribution in [2.45, 2.75) is 96.8 Å². The van der Waals surface area contributed by atoms with Crippen LogP contribution in [0.5, 0.6) is 0 Å². The average molecular weight is 353 g/mol. The maximum atomic E-state index is 12.5. The Morgan fingerprint density at radius 1 is 0.760 bits per heavy atom. The number of allylic oxidation sites excluding steroid dienone is 1. The van der Waals surface area contributed by atoms with E-state index < -0.39 is 6.08 Å². The Balaban J connectivity index is 1.41. The molecule has 3 aliphatic rings. The van der Waals surface area contributed by atoms with Crippen LogP contribution in [0.1, 0.15) is 96.8 Å². The van der Waals surface area contributed by atoms with Crippen LogP contribution in [0.15, 0.2) is 12.2 Å². The molecule has 2 unspecified atom stereocenters. The summed E-state index contributed by atoms with van der Waals surface area (Å²) < 4.78 is 25.1. The van der Waals surface area contributed by atoms with Crippen LogP contribution in [-0.2, 0) is 0 Å². The van der Waals surface area contributed by atoms with Gasteiger partial charge >= 0.3 is 0 Å². The maximum absolute atomic E-state index is 12.5. The van der Waals surface area contributed by atoms with Crippen molar-refractivity contribution in [3.8, 4) is 0 Å². The van der Waals surface area contributed by atoms with Gasteiger partial charge in [-0.1, -0.05) is 45.4 Å². The third-order valence-electron chi connectivity index (χ3n) is 7.83. The van der Waals surface area contributed by atoms with E-state index in [-0.39, 0.29) is 5.92 Å². The number of unbranched alkanes of at least 4 members (excludes halogenated alkanes) is 2. The molecule has 0 nitrogen and oxygen atoms in total. The summed E-state index contributed by atoms with van der Waals surface area (Å²) in [4.78, 5) is 0. The first-order chi connectivity index (χ1) is 12.2. The van der Waals surface area contributed by atoms with E-state index >= 15 is 0 Å². The second-order valence-electron chi connectivity index (χ2n) is 9.40. The third-order valence-corrected chi connectivity index (χ3v) is 7.83. The van der Waals surface area contributed by atoms with Crippen molar-refractivity contribution in [1.29, 1.82) is 0 Å². The zero-order valence-corrected chi connectivity index (χ0v) is 16.2. The van der Waals surface area contributed by atoms with Crippen molar-refractivity contribution < 1.29 is 8.78 Å². The predicted octanol–water partition coefficient (Wildman–Crippen LogP) is 7.99. The van der Waals surface area contributed by atoms with E-state index in [1.165, 1.54) is 83.1 Å². The number of rotatable bonds is 6. The molecule has 0 aromatic carbocycles. The van der Waals surface area contributed by atoms with Crippen molar-refractivity contribution in [3.05, 3.63) is 12.2 Å². The fourth-order valence-corrected chi connectivity index (χ4v) is 6.35. The molecular weight excluding hydrogens is 314 g/mol. The van der Waals surface area contributed by atoms with E-state index in [1.807, 2.05) is 0 Å². The number of fused-ring (bicyclic) bond motifs is 1. The van der Waals surface area contributed by atoms with E-state index in [0.29, 0.717) is 0 Å². The summed E-state index contributed by atoms with van der Waals surface area (Å²) in [5.41, 5.74) is 0. The molecule has 2 heteroatoms. The molecule has 0 heterocycles. The highest BCUT2D eigenvalue weighted by atomic mass is 19.3. The summed E-state index contributed by atoms with van der Waals surface area (Å²) in [5, 5.41) is 0. The van der Waals surface area contributed by atoms with Crippen LogP contribution >= 0.6 is 0 Å². The first-order valence-electron chi connectivity index (χ1n) is 11.2.